The van der Waals surface area contributed by atoms with Crippen LogP contribution in [-0.4, -0.2) is 41.0 Å². The molecule has 0 aliphatic carbocycles. The summed E-state index contributed by atoms with van der Waals surface area (Å²) < 4.78 is 0. The molecule has 0 radical (unpaired) electrons. The number of pyridine rings is 1. The molecule has 4 heteroatoms. The van der Waals surface area contributed by atoms with Crippen molar-refractivity contribution in [2.75, 3.05) is 13.1 Å². The summed E-state index contributed by atoms with van der Waals surface area (Å²) in [4.78, 5) is 18.6. The lowest BCUT2D eigenvalue weighted by Gasteiger charge is -2.24. The van der Waals surface area contributed by atoms with Crippen molar-refractivity contribution >= 4 is 5.91 Å². The Hall–Kier alpha value is -1.42. The molecule has 1 amide bonds. The number of aryl methyl sites for hydroxylation is 1. The molecule has 4 nitrogen and oxygen atoms in total. The smallest absolute Gasteiger partial charge is 0.227 e. The Morgan fingerprint density at radius 1 is 1.37 bits per heavy atom. The van der Waals surface area contributed by atoms with Crippen LogP contribution in [0.25, 0.3) is 0 Å². The molecule has 2 atom stereocenters. The molecule has 0 aromatic carbocycles. The van der Waals surface area contributed by atoms with Gasteiger partial charge in [-0.25, -0.2) is 0 Å². The number of hydrogen-bond acceptors (Lipinski definition) is 3. The number of carbonyl (C=O) groups excluding carboxylic acids is 1. The highest BCUT2D eigenvalue weighted by Crippen LogP contribution is 2.20. The SMILES string of the molecule is Cc1ccc(CC(=O)N2CCC3CCC(C2)N3)cn1. The van der Waals surface area contributed by atoms with E-state index in [9.17, 15) is 4.79 Å². The summed E-state index contributed by atoms with van der Waals surface area (Å²) in [5, 5.41) is 3.60. The molecule has 0 saturated carbocycles. The predicted octanol–water partition coefficient (Wildman–Crippen LogP) is 1.29. The summed E-state index contributed by atoms with van der Waals surface area (Å²) in [6.07, 6.45) is 5.86. The Morgan fingerprint density at radius 3 is 3.00 bits per heavy atom. The van der Waals surface area contributed by atoms with Crippen LogP contribution in [0.15, 0.2) is 18.3 Å². The lowest BCUT2D eigenvalue weighted by Crippen LogP contribution is -2.39. The van der Waals surface area contributed by atoms with Gasteiger partial charge in [0.1, 0.15) is 0 Å². The highest BCUT2D eigenvalue weighted by Gasteiger charge is 2.30. The maximum atomic E-state index is 12.4. The third-order valence-corrected chi connectivity index (χ3v) is 4.20. The van der Waals surface area contributed by atoms with Gasteiger partial charge in [0.05, 0.1) is 6.42 Å². The minimum atomic E-state index is 0.236. The molecule has 2 fully saturated rings. The second-order valence-corrected chi connectivity index (χ2v) is 5.75. The molecule has 102 valence electrons. The zero-order chi connectivity index (χ0) is 13.2. The van der Waals surface area contributed by atoms with Gasteiger partial charge in [-0.15, -0.1) is 0 Å². The third kappa shape index (κ3) is 2.95. The first kappa shape index (κ1) is 12.6. The first-order chi connectivity index (χ1) is 9.20. The number of carbonyl (C=O) groups is 1. The first-order valence-electron chi connectivity index (χ1n) is 7.16. The van der Waals surface area contributed by atoms with Gasteiger partial charge >= 0.3 is 0 Å². The van der Waals surface area contributed by atoms with Crippen molar-refractivity contribution in [3.05, 3.63) is 29.6 Å². The van der Waals surface area contributed by atoms with Crippen LogP contribution < -0.4 is 5.32 Å². The van der Waals surface area contributed by atoms with Crippen molar-refractivity contribution in [3.63, 3.8) is 0 Å². The zero-order valence-corrected chi connectivity index (χ0v) is 11.4. The van der Waals surface area contributed by atoms with E-state index in [1.165, 1.54) is 12.8 Å². The number of hydrogen-bond donors (Lipinski definition) is 1. The second kappa shape index (κ2) is 5.29. The minimum absolute atomic E-state index is 0.236. The summed E-state index contributed by atoms with van der Waals surface area (Å²) in [6.45, 7) is 3.73. The maximum absolute atomic E-state index is 12.4. The highest BCUT2D eigenvalue weighted by atomic mass is 16.2. The van der Waals surface area contributed by atoms with Gasteiger partial charge < -0.3 is 10.2 Å². The summed E-state index contributed by atoms with van der Waals surface area (Å²) in [5.41, 5.74) is 2.01. The molecule has 3 heterocycles. The van der Waals surface area contributed by atoms with Crippen molar-refractivity contribution in [2.45, 2.75) is 44.7 Å². The standard InChI is InChI=1S/C15H21N3O/c1-11-2-3-12(9-16-11)8-15(19)18-7-6-13-4-5-14(10-18)17-13/h2-3,9,13-14,17H,4-8,10H2,1H3. The summed E-state index contributed by atoms with van der Waals surface area (Å²) in [6, 6.07) is 5.10. The molecule has 1 aromatic heterocycles. The van der Waals surface area contributed by atoms with Crippen LogP contribution in [0.3, 0.4) is 0 Å². The van der Waals surface area contributed by atoms with Crippen molar-refractivity contribution in [2.24, 2.45) is 0 Å². The summed E-state index contributed by atoms with van der Waals surface area (Å²) >= 11 is 0. The number of likely N-dealkylation sites (tertiary alicyclic amines) is 1. The number of aromatic nitrogens is 1. The van der Waals surface area contributed by atoms with Gasteiger partial charge in [0.15, 0.2) is 0 Å². The van der Waals surface area contributed by atoms with Gasteiger partial charge in [-0.2, -0.15) is 0 Å². The number of amides is 1. The Morgan fingerprint density at radius 2 is 2.21 bits per heavy atom. The Balaban J connectivity index is 1.62. The number of nitrogens with zero attached hydrogens (tertiary/aromatic N) is 2. The zero-order valence-electron chi connectivity index (χ0n) is 11.4. The quantitative estimate of drug-likeness (QED) is 0.870. The number of fused-ring (bicyclic) bond motifs is 2. The van der Waals surface area contributed by atoms with Crippen LogP contribution in [0.4, 0.5) is 0 Å². The number of rotatable bonds is 2. The van der Waals surface area contributed by atoms with Crippen LogP contribution in [-0.2, 0) is 11.2 Å². The second-order valence-electron chi connectivity index (χ2n) is 5.75. The fourth-order valence-corrected chi connectivity index (χ4v) is 3.06. The average Bonchev–Trinajstić information content (AvgIpc) is 2.71. The maximum Gasteiger partial charge on any atom is 0.227 e. The molecule has 3 rings (SSSR count). The molecule has 2 aliphatic rings. The monoisotopic (exact) mass is 259 g/mol. The molecule has 2 saturated heterocycles. The summed E-state index contributed by atoms with van der Waals surface area (Å²) in [7, 11) is 0. The Bertz CT molecular complexity index is 457. The van der Waals surface area contributed by atoms with E-state index in [1.54, 1.807) is 0 Å². The van der Waals surface area contributed by atoms with Crippen LogP contribution in [0.1, 0.15) is 30.5 Å². The van der Waals surface area contributed by atoms with E-state index in [4.69, 9.17) is 0 Å². The lowest BCUT2D eigenvalue weighted by molar-refractivity contribution is -0.130. The Kier molecular flexibility index (Phi) is 3.51. The largest absolute Gasteiger partial charge is 0.341 e. The fraction of sp³-hybridized carbons (Fsp3) is 0.600. The van der Waals surface area contributed by atoms with Gasteiger partial charge in [-0.05, 0) is 37.8 Å². The predicted molar refractivity (Wildman–Crippen MR) is 73.8 cm³/mol. The first-order valence-corrected chi connectivity index (χ1v) is 7.16. The molecule has 19 heavy (non-hydrogen) atoms. The van der Waals surface area contributed by atoms with E-state index in [0.29, 0.717) is 18.5 Å². The van der Waals surface area contributed by atoms with E-state index in [-0.39, 0.29) is 5.91 Å². The molecule has 1 aromatic rings. The van der Waals surface area contributed by atoms with Gasteiger partial charge in [0.2, 0.25) is 5.91 Å². The van der Waals surface area contributed by atoms with Crippen molar-refractivity contribution in [1.82, 2.24) is 15.2 Å². The van der Waals surface area contributed by atoms with Gasteiger partial charge in [-0.1, -0.05) is 6.07 Å². The molecule has 1 N–H and O–H groups in total. The van der Waals surface area contributed by atoms with E-state index in [0.717, 1.165) is 30.8 Å². The van der Waals surface area contributed by atoms with Crippen LogP contribution in [0.2, 0.25) is 0 Å². The highest BCUT2D eigenvalue weighted by molar-refractivity contribution is 5.78. The molecule has 2 unspecified atom stereocenters. The van der Waals surface area contributed by atoms with Gasteiger partial charge in [0, 0.05) is 37.1 Å². The summed E-state index contributed by atoms with van der Waals surface area (Å²) in [5.74, 6) is 0.236. The minimum Gasteiger partial charge on any atom is -0.341 e. The van der Waals surface area contributed by atoms with Crippen LogP contribution >= 0.6 is 0 Å². The van der Waals surface area contributed by atoms with Crippen LogP contribution in [0.5, 0.6) is 0 Å². The van der Waals surface area contributed by atoms with Crippen molar-refractivity contribution in [1.29, 1.82) is 0 Å². The fourth-order valence-electron chi connectivity index (χ4n) is 3.06. The average molecular weight is 259 g/mol. The van der Waals surface area contributed by atoms with Crippen LogP contribution in [0, 0.1) is 6.92 Å². The molecular weight excluding hydrogens is 238 g/mol. The number of nitrogens with one attached hydrogen (secondary N) is 1. The van der Waals surface area contributed by atoms with Crippen molar-refractivity contribution < 1.29 is 4.79 Å². The van der Waals surface area contributed by atoms with E-state index in [2.05, 4.69) is 10.3 Å². The van der Waals surface area contributed by atoms with E-state index < -0.39 is 0 Å². The Labute approximate surface area is 114 Å². The van der Waals surface area contributed by atoms with E-state index in [1.807, 2.05) is 30.2 Å². The van der Waals surface area contributed by atoms with Gasteiger partial charge in [-0.3, -0.25) is 9.78 Å². The molecular formula is C15H21N3O. The molecule has 2 aliphatic heterocycles. The van der Waals surface area contributed by atoms with Gasteiger partial charge in [0.25, 0.3) is 0 Å². The lowest BCUT2D eigenvalue weighted by atomic mass is 10.1. The third-order valence-electron chi connectivity index (χ3n) is 4.20. The topological polar surface area (TPSA) is 45.2 Å². The molecule has 0 spiro atoms. The van der Waals surface area contributed by atoms with E-state index >= 15 is 0 Å². The normalized spacial score (nSPS) is 26.3. The van der Waals surface area contributed by atoms with Crippen molar-refractivity contribution in [3.8, 4) is 0 Å². The molecule has 2 bridgehead atoms.